The van der Waals surface area contributed by atoms with Gasteiger partial charge in [0.25, 0.3) is 0 Å². The number of para-hydroxylation sites is 3. The Balaban J connectivity index is 1.66. The Hall–Kier alpha value is -3.02. The van der Waals surface area contributed by atoms with Crippen molar-refractivity contribution >= 4 is 11.0 Å². The Morgan fingerprint density at radius 2 is 1.82 bits per heavy atom. The number of imidazole rings is 1. The lowest BCUT2D eigenvalue weighted by atomic mass is 10.3. The van der Waals surface area contributed by atoms with E-state index >= 15 is 0 Å². The predicted molar refractivity (Wildman–Crippen MR) is 80.2 cm³/mol. The second-order valence-electron chi connectivity index (χ2n) is 4.97. The summed E-state index contributed by atoms with van der Waals surface area (Å²) < 4.78 is 17.2. The summed E-state index contributed by atoms with van der Waals surface area (Å²) in [5.74, 6) is -0.327. The highest BCUT2D eigenvalue weighted by Gasteiger charge is 2.09. The minimum Gasteiger partial charge on any atom is -0.324 e. The van der Waals surface area contributed by atoms with E-state index in [4.69, 9.17) is 0 Å². The summed E-state index contributed by atoms with van der Waals surface area (Å²) >= 11 is 0. The van der Waals surface area contributed by atoms with Crippen molar-refractivity contribution < 1.29 is 4.39 Å². The lowest BCUT2D eigenvalue weighted by molar-refractivity contribution is 0.607. The van der Waals surface area contributed by atoms with Crippen molar-refractivity contribution in [2.24, 2.45) is 0 Å². The maximum atomic E-state index is 13.8. The standard InChI is InChI=1S/C16H12FN5/c17-13-5-1-3-7-15(13)22-10-12(19-20-22)9-21-11-18-14-6-2-4-8-16(14)21/h1-8,10-11H,9H2. The molecule has 2 aromatic heterocycles. The molecule has 0 aliphatic rings. The number of fused-ring (bicyclic) bond motifs is 1. The summed E-state index contributed by atoms with van der Waals surface area (Å²) in [4.78, 5) is 4.34. The predicted octanol–water partition coefficient (Wildman–Crippen LogP) is 2.80. The van der Waals surface area contributed by atoms with Crippen LogP contribution in [0.25, 0.3) is 16.7 Å². The molecule has 0 radical (unpaired) electrons. The molecule has 0 spiro atoms. The number of hydrogen-bond donors (Lipinski definition) is 0. The molecule has 0 atom stereocenters. The average Bonchev–Trinajstić information content (AvgIpc) is 3.16. The summed E-state index contributed by atoms with van der Waals surface area (Å²) in [5, 5.41) is 8.11. The number of nitrogens with zero attached hydrogens (tertiary/aromatic N) is 5. The van der Waals surface area contributed by atoms with E-state index in [1.54, 1.807) is 30.7 Å². The molecule has 0 bridgehead atoms. The minimum atomic E-state index is -0.327. The van der Waals surface area contributed by atoms with E-state index in [2.05, 4.69) is 15.3 Å². The Bertz CT molecular complexity index is 940. The molecule has 0 aliphatic heterocycles. The highest BCUT2D eigenvalue weighted by atomic mass is 19.1. The van der Waals surface area contributed by atoms with Crippen molar-refractivity contribution in [1.29, 1.82) is 0 Å². The Morgan fingerprint density at radius 3 is 2.73 bits per heavy atom. The molecule has 2 heterocycles. The summed E-state index contributed by atoms with van der Waals surface area (Å²) in [6.07, 6.45) is 3.50. The SMILES string of the molecule is Fc1ccccc1-n1cc(Cn2cnc3ccccc32)nn1. The van der Waals surface area contributed by atoms with Crippen LogP contribution in [0.3, 0.4) is 0 Å². The van der Waals surface area contributed by atoms with E-state index in [1.165, 1.54) is 10.7 Å². The molecule has 6 heteroatoms. The fraction of sp³-hybridized carbons (Fsp3) is 0.0625. The van der Waals surface area contributed by atoms with Gasteiger partial charge in [-0.15, -0.1) is 5.10 Å². The molecule has 108 valence electrons. The van der Waals surface area contributed by atoms with E-state index in [0.29, 0.717) is 12.2 Å². The topological polar surface area (TPSA) is 48.5 Å². The van der Waals surface area contributed by atoms with Crippen LogP contribution < -0.4 is 0 Å². The molecule has 2 aromatic carbocycles. The van der Waals surface area contributed by atoms with Crippen LogP contribution in [0.15, 0.2) is 61.1 Å². The van der Waals surface area contributed by atoms with Gasteiger partial charge in [0.1, 0.15) is 17.2 Å². The van der Waals surface area contributed by atoms with Crippen LogP contribution in [-0.2, 0) is 6.54 Å². The van der Waals surface area contributed by atoms with Gasteiger partial charge in [-0.2, -0.15) is 0 Å². The molecule has 0 saturated heterocycles. The second kappa shape index (κ2) is 5.07. The molecule has 0 aliphatic carbocycles. The highest BCUT2D eigenvalue weighted by Crippen LogP contribution is 2.15. The van der Waals surface area contributed by atoms with Crippen LogP contribution in [0.2, 0.25) is 0 Å². The van der Waals surface area contributed by atoms with Crippen LogP contribution in [0, 0.1) is 5.82 Å². The molecular weight excluding hydrogens is 281 g/mol. The van der Waals surface area contributed by atoms with Crippen LogP contribution in [0.4, 0.5) is 4.39 Å². The van der Waals surface area contributed by atoms with Crippen molar-refractivity contribution in [1.82, 2.24) is 24.5 Å². The minimum absolute atomic E-state index is 0.327. The third kappa shape index (κ3) is 2.14. The summed E-state index contributed by atoms with van der Waals surface area (Å²) in [5.41, 5.74) is 3.09. The number of hydrogen-bond acceptors (Lipinski definition) is 3. The first-order valence-corrected chi connectivity index (χ1v) is 6.87. The molecule has 4 rings (SSSR count). The molecule has 0 N–H and O–H groups in total. The summed E-state index contributed by atoms with van der Waals surface area (Å²) in [6.45, 7) is 0.537. The number of aromatic nitrogens is 5. The van der Waals surface area contributed by atoms with Crippen molar-refractivity contribution in [3.05, 3.63) is 72.6 Å². The lowest BCUT2D eigenvalue weighted by Gasteiger charge is -2.01. The van der Waals surface area contributed by atoms with Gasteiger partial charge in [-0.1, -0.05) is 29.5 Å². The van der Waals surface area contributed by atoms with E-state index in [1.807, 2.05) is 28.8 Å². The Morgan fingerprint density at radius 1 is 1.00 bits per heavy atom. The molecule has 0 saturated carbocycles. The third-order valence-corrected chi connectivity index (χ3v) is 3.50. The fourth-order valence-corrected chi connectivity index (χ4v) is 2.44. The summed E-state index contributed by atoms with van der Waals surface area (Å²) in [7, 11) is 0. The smallest absolute Gasteiger partial charge is 0.148 e. The first-order valence-electron chi connectivity index (χ1n) is 6.87. The first kappa shape index (κ1) is 12.7. The third-order valence-electron chi connectivity index (χ3n) is 3.50. The van der Waals surface area contributed by atoms with Gasteiger partial charge in [-0.05, 0) is 24.3 Å². The monoisotopic (exact) mass is 293 g/mol. The number of rotatable bonds is 3. The van der Waals surface area contributed by atoms with Crippen molar-refractivity contribution in [2.45, 2.75) is 6.54 Å². The van der Waals surface area contributed by atoms with Gasteiger partial charge in [0, 0.05) is 0 Å². The zero-order valence-corrected chi connectivity index (χ0v) is 11.6. The van der Waals surface area contributed by atoms with Gasteiger partial charge in [-0.25, -0.2) is 14.1 Å². The van der Waals surface area contributed by atoms with Gasteiger partial charge in [0.15, 0.2) is 0 Å². The molecule has 0 amide bonds. The van der Waals surface area contributed by atoms with Crippen molar-refractivity contribution in [2.75, 3.05) is 0 Å². The van der Waals surface area contributed by atoms with E-state index < -0.39 is 0 Å². The van der Waals surface area contributed by atoms with Gasteiger partial charge in [-0.3, -0.25) is 0 Å². The quantitative estimate of drug-likeness (QED) is 0.583. The lowest BCUT2D eigenvalue weighted by Crippen LogP contribution is -1.98. The first-order chi connectivity index (χ1) is 10.8. The summed E-state index contributed by atoms with van der Waals surface area (Å²) in [6, 6.07) is 14.4. The second-order valence-corrected chi connectivity index (χ2v) is 4.97. The van der Waals surface area contributed by atoms with E-state index in [0.717, 1.165) is 16.7 Å². The van der Waals surface area contributed by atoms with Crippen molar-refractivity contribution in [3.63, 3.8) is 0 Å². The van der Waals surface area contributed by atoms with Gasteiger partial charge in [0.05, 0.1) is 30.1 Å². The number of benzene rings is 2. The average molecular weight is 293 g/mol. The Labute approximate surface area is 125 Å². The van der Waals surface area contributed by atoms with Crippen molar-refractivity contribution in [3.8, 4) is 5.69 Å². The molecule has 22 heavy (non-hydrogen) atoms. The van der Waals surface area contributed by atoms with Gasteiger partial charge >= 0.3 is 0 Å². The zero-order valence-electron chi connectivity index (χ0n) is 11.6. The van der Waals surface area contributed by atoms with E-state index in [-0.39, 0.29) is 5.82 Å². The van der Waals surface area contributed by atoms with E-state index in [9.17, 15) is 4.39 Å². The van der Waals surface area contributed by atoms with Gasteiger partial charge in [0.2, 0.25) is 0 Å². The molecule has 5 nitrogen and oxygen atoms in total. The maximum Gasteiger partial charge on any atom is 0.148 e. The molecule has 0 unspecified atom stereocenters. The molecule has 0 fully saturated rings. The fourth-order valence-electron chi connectivity index (χ4n) is 2.44. The van der Waals surface area contributed by atoms with Crippen LogP contribution in [0.5, 0.6) is 0 Å². The zero-order chi connectivity index (χ0) is 14.9. The van der Waals surface area contributed by atoms with Crippen LogP contribution in [-0.4, -0.2) is 24.5 Å². The maximum absolute atomic E-state index is 13.8. The van der Waals surface area contributed by atoms with Gasteiger partial charge < -0.3 is 4.57 Å². The number of halogens is 1. The van der Waals surface area contributed by atoms with Crippen LogP contribution in [0.1, 0.15) is 5.69 Å². The molecule has 4 aromatic rings. The van der Waals surface area contributed by atoms with Crippen LogP contribution >= 0.6 is 0 Å². The normalized spacial score (nSPS) is 11.1. The highest BCUT2D eigenvalue weighted by molar-refractivity contribution is 5.74. The largest absolute Gasteiger partial charge is 0.324 e. The molecular formula is C16H12FN5. The Kier molecular flexibility index (Phi) is 2.93.